The van der Waals surface area contributed by atoms with Crippen molar-refractivity contribution < 1.29 is 19.8 Å². The second-order valence-corrected chi connectivity index (χ2v) is 10.1. The third-order valence-electron chi connectivity index (χ3n) is 7.00. The molecule has 0 saturated carbocycles. The quantitative estimate of drug-likeness (QED) is 0.339. The number of ketones is 1. The molecule has 6 rings (SSSR count). The minimum absolute atomic E-state index is 0.0783. The van der Waals surface area contributed by atoms with Crippen LogP contribution in [0.25, 0.3) is 5.69 Å². The summed E-state index contributed by atoms with van der Waals surface area (Å²) in [6.45, 7) is 1.88. The Labute approximate surface area is 211 Å². The van der Waals surface area contributed by atoms with Gasteiger partial charge in [-0.2, -0.15) is 5.10 Å². The van der Waals surface area contributed by atoms with Crippen LogP contribution in [0.15, 0.2) is 77.3 Å². The summed E-state index contributed by atoms with van der Waals surface area (Å²) in [4.78, 5) is 26.8. The van der Waals surface area contributed by atoms with E-state index in [-0.39, 0.29) is 28.9 Å². The molecule has 3 N–H and O–H groups in total. The average Bonchev–Trinajstić information content (AvgIpc) is 3.52. The van der Waals surface area contributed by atoms with Crippen molar-refractivity contribution in [3.8, 4) is 11.4 Å². The number of carboxylic acids is 1. The molecule has 1 aliphatic carbocycles. The smallest absolute Gasteiger partial charge is 0.337 e. The number of nitrogens with zero attached hydrogens (tertiary/aromatic N) is 2. The Hall–Kier alpha value is -4.17. The number of carbonyl (C=O) groups is 2. The number of aryl methyl sites for hydroxylation is 1. The zero-order chi connectivity index (χ0) is 25.0. The van der Waals surface area contributed by atoms with Crippen LogP contribution in [0.1, 0.15) is 56.7 Å². The van der Waals surface area contributed by atoms with Crippen LogP contribution in [0.2, 0.25) is 0 Å². The number of anilines is 1. The number of phenols is 1. The van der Waals surface area contributed by atoms with E-state index in [9.17, 15) is 19.8 Å². The number of rotatable bonds is 4. The number of benzene rings is 2. The summed E-state index contributed by atoms with van der Waals surface area (Å²) in [5, 5.41) is 30.0. The van der Waals surface area contributed by atoms with Crippen molar-refractivity contribution >= 4 is 28.9 Å². The Kier molecular flexibility index (Phi) is 5.26. The van der Waals surface area contributed by atoms with Gasteiger partial charge in [0.2, 0.25) is 0 Å². The lowest BCUT2D eigenvalue weighted by Gasteiger charge is -2.35. The van der Waals surface area contributed by atoms with Gasteiger partial charge in [-0.15, -0.1) is 11.3 Å². The third-order valence-corrected chi connectivity index (χ3v) is 8.03. The van der Waals surface area contributed by atoms with Gasteiger partial charge in [-0.1, -0.05) is 30.3 Å². The molecular weight excluding hydrogens is 474 g/mol. The molecule has 2 atom stereocenters. The minimum atomic E-state index is -1.04. The first-order chi connectivity index (χ1) is 17.4. The molecule has 4 aromatic rings. The largest absolute Gasteiger partial charge is 0.508 e. The summed E-state index contributed by atoms with van der Waals surface area (Å²) >= 11 is 1.65. The second kappa shape index (κ2) is 8.49. The maximum absolute atomic E-state index is 13.7. The van der Waals surface area contributed by atoms with E-state index in [1.165, 1.54) is 4.88 Å². The molecule has 3 heterocycles. The molecule has 1 aliphatic heterocycles. The van der Waals surface area contributed by atoms with Crippen LogP contribution in [0.4, 0.5) is 5.82 Å². The van der Waals surface area contributed by atoms with Crippen LogP contribution in [0.5, 0.6) is 5.75 Å². The molecule has 0 amide bonds. The predicted molar refractivity (Wildman–Crippen MR) is 137 cm³/mol. The van der Waals surface area contributed by atoms with Gasteiger partial charge in [0.15, 0.2) is 5.78 Å². The SMILES string of the molecule is Cc1nn(-c2ccccc2C(=O)O)c2c1[C@@H](c1ccc(O)cc1)C1=C(C[C@H](c3cccs3)CC1=O)N2. The minimum Gasteiger partial charge on any atom is -0.508 e. The third kappa shape index (κ3) is 3.53. The molecule has 180 valence electrons. The number of carbonyl (C=O) groups excluding carboxylic acids is 1. The Bertz CT molecular complexity index is 1530. The number of hydrogen-bond acceptors (Lipinski definition) is 6. The fourth-order valence-electron chi connectivity index (χ4n) is 5.41. The number of fused-ring (bicyclic) bond motifs is 1. The lowest BCUT2D eigenvalue weighted by molar-refractivity contribution is -0.116. The summed E-state index contributed by atoms with van der Waals surface area (Å²) in [6, 6.07) is 17.7. The van der Waals surface area contributed by atoms with Gasteiger partial charge in [0.05, 0.1) is 16.9 Å². The molecule has 0 saturated heterocycles. The van der Waals surface area contributed by atoms with Gasteiger partial charge >= 0.3 is 5.97 Å². The topological polar surface area (TPSA) is 104 Å². The number of para-hydroxylation sites is 1. The van der Waals surface area contributed by atoms with Crippen molar-refractivity contribution in [1.29, 1.82) is 0 Å². The zero-order valence-electron chi connectivity index (χ0n) is 19.4. The van der Waals surface area contributed by atoms with Crippen molar-refractivity contribution in [1.82, 2.24) is 9.78 Å². The van der Waals surface area contributed by atoms with Crippen molar-refractivity contribution in [2.24, 2.45) is 0 Å². The summed E-state index contributed by atoms with van der Waals surface area (Å²) in [5.41, 5.74) is 4.56. The standard InChI is InChI=1S/C28H23N3O4S/c1-15-24-25(16-8-10-18(32)11-9-16)26-20(13-17(14-22(26)33)23-7-4-12-36-23)29-27(24)31(30-15)21-6-3-2-5-19(21)28(34)35/h2-12,17,25,29,32H,13-14H2,1H3,(H,34,35)/t17-,25+/m0/s1. The fraction of sp³-hybridized carbons (Fsp3) is 0.179. The van der Waals surface area contributed by atoms with Crippen LogP contribution in [-0.4, -0.2) is 31.7 Å². The number of nitrogens with one attached hydrogen (secondary N) is 1. The van der Waals surface area contributed by atoms with Crippen LogP contribution >= 0.6 is 11.3 Å². The van der Waals surface area contributed by atoms with E-state index in [1.54, 1.807) is 52.4 Å². The Morgan fingerprint density at radius 1 is 1.08 bits per heavy atom. The Morgan fingerprint density at radius 3 is 2.58 bits per heavy atom. The van der Waals surface area contributed by atoms with E-state index in [0.29, 0.717) is 30.0 Å². The Balaban J connectivity index is 1.56. The number of carboxylic acid groups (broad SMARTS) is 1. The van der Waals surface area contributed by atoms with E-state index < -0.39 is 5.97 Å². The molecule has 8 heteroatoms. The monoisotopic (exact) mass is 497 g/mol. The molecule has 2 aromatic heterocycles. The highest BCUT2D eigenvalue weighted by molar-refractivity contribution is 7.10. The number of Topliss-reactive ketones (excluding diaryl/α,β-unsaturated/α-hetero) is 1. The van der Waals surface area contributed by atoms with Crippen molar-refractivity contribution in [2.45, 2.75) is 31.6 Å². The number of aromatic hydroxyl groups is 1. The molecule has 2 aromatic carbocycles. The highest BCUT2D eigenvalue weighted by Crippen LogP contribution is 2.50. The molecule has 0 bridgehead atoms. The van der Waals surface area contributed by atoms with Crippen LogP contribution in [-0.2, 0) is 4.79 Å². The van der Waals surface area contributed by atoms with Crippen molar-refractivity contribution in [3.05, 3.63) is 105 Å². The van der Waals surface area contributed by atoms with E-state index in [0.717, 1.165) is 22.4 Å². The van der Waals surface area contributed by atoms with Gasteiger partial charge in [-0.3, -0.25) is 4.79 Å². The number of allylic oxidation sites excluding steroid dienone is 2. The normalized spacial score (nSPS) is 19.0. The molecule has 0 spiro atoms. The maximum Gasteiger partial charge on any atom is 0.337 e. The number of aromatic nitrogens is 2. The number of aromatic carboxylic acids is 1. The van der Waals surface area contributed by atoms with E-state index in [2.05, 4.69) is 11.4 Å². The van der Waals surface area contributed by atoms with Gasteiger partial charge < -0.3 is 15.5 Å². The molecule has 0 radical (unpaired) electrons. The first-order valence-corrected chi connectivity index (χ1v) is 12.6. The molecule has 0 fully saturated rings. The summed E-state index contributed by atoms with van der Waals surface area (Å²) in [6.07, 6.45) is 1.10. The van der Waals surface area contributed by atoms with Crippen LogP contribution in [0.3, 0.4) is 0 Å². The van der Waals surface area contributed by atoms with E-state index in [4.69, 9.17) is 5.10 Å². The average molecular weight is 498 g/mol. The maximum atomic E-state index is 13.7. The summed E-state index contributed by atoms with van der Waals surface area (Å²) in [5.74, 6) is -0.433. The zero-order valence-corrected chi connectivity index (χ0v) is 20.2. The van der Waals surface area contributed by atoms with Gasteiger partial charge in [0.25, 0.3) is 0 Å². The van der Waals surface area contributed by atoms with Crippen LogP contribution < -0.4 is 5.32 Å². The molecule has 2 aliphatic rings. The fourth-order valence-corrected chi connectivity index (χ4v) is 6.25. The molecule has 0 unspecified atom stereocenters. The van der Waals surface area contributed by atoms with Gasteiger partial charge in [0.1, 0.15) is 11.6 Å². The lowest BCUT2D eigenvalue weighted by atomic mass is 9.73. The van der Waals surface area contributed by atoms with Crippen molar-refractivity contribution in [2.75, 3.05) is 5.32 Å². The van der Waals surface area contributed by atoms with E-state index in [1.807, 2.05) is 30.5 Å². The van der Waals surface area contributed by atoms with E-state index >= 15 is 0 Å². The first kappa shape index (κ1) is 22.3. The lowest BCUT2D eigenvalue weighted by Crippen LogP contribution is -2.30. The Morgan fingerprint density at radius 2 is 1.86 bits per heavy atom. The van der Waals surface area contributed by atoms with Gasteiger partial charge in [-0.05, 0) is 54.6 Å². The number of phenolic OH excluding ortho intramolecular Hbond substituents is 1. The van der Waals surface area contributed by atoms with Gasteiger partial charge in [-0.25, -0.2) is 9.48 Å². The summed E-state index contributed by atoms with van der Waals surface area (Å²) in [7, 11) is 0. The molecular formula is C28H23N3O4S. The first-order valence-electron chi connectivity index (χ1n) is 11.7. The van der Waals surface area contributed by atoms with Crippen LogP contribution in [0, 0.1) is 6.92 Å². The van der Waals surface area contributed by atoms with Crippen molar-refractivity contribution in [3.63, 3.8) is 0 Å². The number of hydrogen-bond donors (Lipinski definition) is 3. The molecule has 36 heavy (non-hydrogen) atoms. The highest BCUT2D eigenvalue weighted by Gasteiger charge is 2.41. The predicted octanol–water partition coefficient (Wildman–Crippen LogP) is 5.60. The molecule has 7 nitrogen and oxygen atoms in total. The summed E-state index contributed by atoms with van der Waals surface area (Å²) < 4.78 is 1.64. The van der Waals surface area contributed by atoms with Gasteiger partial charge in [0, 0.05) is 40.0 Å². The highest BCUT2D eigenvalue weighted by atomic mass is 32.1. The number of thiophene rings is 1. The second-order valence-electron chi connectivity index (χ2n) is 9.17.